The van der Waals surface area contributed by atoms with E-state index in [1.54, 1.807) is 18.2 Å². The molecule has 0 bridgehead atoms. The molecule has 3 rings (SSSR count). The molecular formula is C18H25N3O4. The van der Waals surface area contributed by atoms with Crippen molar-refractivity contribution in [2.45, 2.75) is 38.2 Å². The summed E-state index contributed by atoms with van der Waals surface area (Å²) in [6.07, 6.45) is 3.90. The van der Waals surface area contributed by atoms with Gasteiger partial charge in [-0.15, -0.1) is 0 Å². The van der Waals surface area contributed by atoms with Gasteiger partial charge in [0.1, 0.15) is 5.69 Å². The summed E-state index contributed by atoms with van der Waals surface area (Å²) in [6, 6.07) is 6.74. The van der Waals surface area contributed by atoms with Crippen molar-refractivity contribution < 1.29 is 14.8 Å². The van der Waals surface area contributed by atoms with Crippen LogP contribution in [0.2, 0.25) is 0 Å². The number of nitrogens with one attached hydrogen (secondary N) is 1. The Morgan fingerprint density at radius 2 is 1.96 bits per heavy atom. The number of rotatable bonds is 5. The summed E-state index contributed by atoms with van der Waals surface area (Å²) in [5, 5.41) is 24.0. The van der Waals surface area contributed by atoms with E-state index in [1.165, 1.54) is 6.07 Å². The van der Waals surface area contributed by atoms with Crippen LogP contribution in [0, 0.1) is 22.0 Å². The molecule has 0 radical (unpaired) electrons. The lowest BCUT2D eigenvalue weighted by Gasteiger charge is -2.32. The molecule has 2 aliphatic rings. The molecule has 7 heteroatoms. The average molecular weight is 347 g/mol. The third-order valence-electron chi connectivity index (χ3n) is 5.44. The molecule has 1 aromatic carbocycles. The average Bonchev–Trinajstić information content (AvgIpc) is 3.04. The van der Waals surface area contributed by atoms with Crippen molar-refractivity contribution in [1.82, 2.24) is 5.32 Å². The predicted octanol–water partition coefficient (Wildman–Crippen LogP) is 2.09. The Morgan fingerprint density at radius 1 is 1.24 bits per heavy atom. The summed E-state index contributed by atoms with van der Waals surface area (Å²) in [6.45, 7) is 1.81. The molecule has 136 valence electrons. The van der Waals surface area contributed by atoms with E-state index in [1.807, 2.05) is 4.90 Å². The number of piperidine rings is 1. The van der Waals surface area contributed by atoms with Gasteiger partial charge in [0.05, 0.1) is 11.0 Å². The van der Waals surface area contributed by atoms with Gasteiger partial charge in [0, 0.05) is 37.5 Å². The zero-order valence-corrected chi connectivity index (χ0v) is 14.3. The molecule has 1 aromatic rings. The molecule has 1 amide bonds. The van der Waals surface area contributed by atoms with Crippen LogP contribution >= 0.6 is 0 Å². The van der Waals surface area contributed by atoms with Crippen molar-refractivity contribution in [3.05, 3.63) is 34.4 Å². The molecule has 2 N–H and O–H groups in total. The maximum atomic E-state index is 12.4. The lowest BCUT2D eigenvalue weighted by molar-refractivity contribution is -0.384. The van der Waals surface area contributed by atoms with E-state index in [-0.39, 0.29) is 34.5 Å². The SMILES string of the molecule is O=C(NCC1CCCC1O)C1CCN(c2ccccc2[N+](=O)[O-])CC1. The van der Waals surface area contributed by atoms with Gasteiger partial charge in [0.25, 0.3) is 5.69 Å². The highest BCUT2D eigenvalue weighted by Gasteiger charge is 2.30. The van der Waals surface area contributed by atoms with E-state index >= 15 is 0 Å². The van der Waals surface area contributed by atoms with Gasteiger partial charge >= 0.3 is 0 Å². The minimum absolute atomic E-state index is 0.0429. The fourth-order valence-corrected chi connectivity index (χ4v) is 3.90. The largest absolute Gasteiger partial charge is 0.393 e. The number of nitro groups is 1. The molecule has 1 heterocycles. The fraction of sp³-hybridized carbons (Fsp3) is 0.611. The third-order valence-corrected chi connectivity index (χ3v) is 5.44. The van der Waals surface area contributed by atoms with Crippen molar-refractivity contribution in [3.63, 3.8) is 0 Å². The van der Waals surface area contributed by atoms with E-state index in [0.717, 1.165) is 19.3 Å². The van der Waals surface area contributed by atoms with Gasteiger partial charge in [-0.05, 0) is 31.7 Å². The van der Waals surface area contributed by atoms with Crippen LogP contribution in [0.4, 0.5) is 11.4 Å². The smallest absolute Gasteiger partial charge is 0.292 e. The molecule has 1 saturated carbocycles. The highest BCUT2D eigenvalue weighted by molar-refractivity contribution is 5.79. The first-order valence-electron chi connectivity index (χ1n) is 9.00. The quantitative estimate of drug-likeness (QED) is 0.628. The minimum Gasteiger partial charge on any atom is -0.393 e. The Morgan fingerprint density at radius 3 is 2.60 bits per heavy atom. The maximum Gasteiger partial charge on any atom is 0.292 e. The van der Waals surface area contributed by atoms with Crippen molar-refractivity contribution in [1.29, 1.82) is 0 Å². The molecule has 0 spiro atoms. The van der Waals surface area contributed by atoms with Crippen LogP contribution in [0.25, 0.3) is 0 Å². The molecular weight excluding hydrogens is 322 g/mol. The van der Waals surface area contributed by atoms with Crippen LogP contribution in [0.5, 0.6) is 0 Å². The maximum absolute atomic E-state index is 12.4. The first-order valence-corrected chi connectivity index (χ1v) is 9.00. The van der Waals surface area contributed by atoms with E-state index in [0.29, 0.717) is 38.2 Å². The highest BCUT2D eigenvalue weighted by Crippen LogP contribution is 2.31. The molecule has 25 heavy (non-hydrogen) atoms. The summed E-state index contributed by atoms with van der Waals surface area (Å²) in [4.78, 5) is 25.2. The van der Waals surface area contributed by atoms with Crippen LogP contribution in [0.15, 0.2) is 24.3 Å². The van der Waals surface area contributed by atoms with Crippen molar-refractivity contribution >= 4 is 17.3 Å². The zero-order valence-electron chi connectivity index (χ0n) is 14.3. The van der Waals surface area contributed by atoms with Gasteiger partial charge in [0.2, 0.25) is 5.91 Å². The summed E-state index contributed by atoms with van der Waals surface area (Å²) in [5.41, 5.74) is 0.737. The second kappa shape index (κ2) is 7.82. The first-order chi connectivity index (χ1) is 12.1. The van der Waals surface area contributed by atoms with Gasteiger partial charge < -0.3 is 15.3 Å². The summed E-state index contributed by atoms with van der Waals surface area (Å²) < 4.78 is 0. The third kappa shape index (κ3) is 4.10. The van der Waals surface area contributed by atoms with Crippen molar-refractivity contribution in [2.24, 2.45) is 11.8 Å². The molecule has 1 aliphatic heterocycles. The van der Waals surface area contributed by atoms with Gasteiger partial charge in [-0.2, -0.15) is 0 Å². The Bertz CT molecular complexity index is 629. The Hall–Kier alpha value is -2.15. The Kier molecular flexibility index (Phi) is 5.53. The molecule has 2 fully saturated rings. The van der Waals surface area contributed by atoms with Crippen LogP contribution in [0.3, 0.4) is 0 Å². The number of aliphatic hydroxyl groups is 1. The Labute approximate surface area is 147 Å². The fourth-order valence-electron chi connectivity index (χ4n) is 3.90. The second-order valence-corrected chi connectivity index (χ2v) is 7.01. The van der Waals surface area contributed by atoms with E-state index in [9.17, 15) is 20.0 Å². The molecule has 0 aromatic heterocycles. The standard InChI is InChI=1S/C18H25N3O4/c22-17-7-3-4-14(17)12-19-18(23)13-8-10-20(11-9-13)15-5-1-2-6-16(15)21(24)25/h1-2,5-6,13-14,17,22H,3-4,7-12H2,(H,19,23). The van der Waals surface area contributed by atoms with Gasteiger partial charge in [-0.1, -0.05) is 18.6 Å². The Balaban J connectivity index is 1.51. The lowest BCUT2D eigenvalue weighted by Crippen LogP contribution is -2.42. The number of aliphatic hydroxyl groups excluding tert-OH is 1. The normalized spacial score (nSPS) is 24.3. The monoisotopic (exact) mass is 347 g/mol. The number of carbonyl (C=O) groups is 1. The number of hydrogen-bond donors (Lipinski definition) is 2. The molecule has 2 unspecified atom stereocenters. The number of para-hydroxylation sites is 2. The summed E-state index contributed by atoms with van der Waals surface area (Å²) in [7, 11) is 0. The highest BCUT2D eigenvalue weighted by atomic mass is 16.6. The molecule has 2 atom stereocenters. The molecule has 1 aliphatic carbocycles. The number of nitrogens with zero attached hydrogens (tertiary/aromatic N) is 2. The van der Waals surface area contributed by atoms with Crippen LogP contribution < -0.4 is 10.2 Å². The van der Waals surface area contributed by atoms with E-state index in [2.05, 4.69) is 5.32 Å². The van der Waals surface area contributed by atoms with Crippen LogP contribution in [-0.2, 0) is 4.79 Å². The second-order valence-electron chi connectivity index (χ2n) is 7.01. The van der Waals surface area contributed by atoms with Crippen molar-refractivity contribution in [2.75, 3.05) is 24.5 Å². The number of benzene rings is 1. The van der Waals surface area contributed by atoms with Gasteiger partial charge in [0.15, 0.2) is 0 Å². The van der Waals surface area contributed by atoms with Gasteiger partial charge in [-0.3, -0.25) is 14.9 Å². The van der Waals surface area contributed by atoms with Gasteiger partial charge in [-0.25, -0.2) is 0 Å². The number of hydrogen-bond acceptors (Lipinski definition) is 5. The number of amides is 1. The number of anilines is 1. The van der Waals surface area contributed by atoms with Crippen molar-refractivity contribution in [3.8, 4) is 0 Å². The van der Waals surface area contributed by atoms with E-state index in [4.69, 9.17) is 0 Å². The molecule has 7 nitrogen and oxygen atoms in total. The van der Waals surface area contributed by atoms with Crippen LogP contribution in [0.1, 0.15) is 32.1 Å². The summed E-state index contributed by atoms with van der Waals surface area (Å²) >= 11 is 0. The minimum atomic E-state index is -0.360. The predicted molar refractivity (Wildman–Crippen MR) is 94.4 cm³/mol. The summed E-state index contributed by atoms with van der Waals surface area (Å²) in [5.74, 6) is 0.162. The van der Waals surface area contributed by atoms with Crippen LogP contribution in [-0.4, -0.2) is 41.7 Å². The first kappa shape index (κ1) is 17.7. The topological polar surface area (TPSA) is 95.7 Å². The lowest BCUT2D eigenvalue weighted by atomic mass is 9.95. The molecule has 1 saturated heterocycles. The van der Waals surface area contributed by atoms with E-state index < -0.39 is 0 Å². The zero-order chi connectivity index (χ0) is 17.8. The number of nitro benzene ring substituents is 1. The number of carbonyl (C=O) groups excluding carboxylic acids is 1.